The predicted molar refractivity (Wildman–Crippen MR) is 72.0 cm³/mol. The van der Waals surface area contributed by atoms with E-state index in [1.54, 1.807) is 13.8 Å². The third kappa shape index (κ3) is 47.4. The zero-order valence-electron chi connectivity index (χ0n) is 10.3. The van der Waals surface area contributed by atoms with Crippen molar-refractivity contribution in [3.8, 4) is 0 Å². The van der Waals surface area contributed by atoms with E-state index in [0.29, 0.717) is 0 Å². The summed E-state index contributed by atoms with van der Waals surface area (Å²) in [5.74, 6) is 4.54. The molecule has 0 fully saturated rings. The van der Waals surface area contributed by atoms with Crippen LogP contribution in [0.25, 0.3) is 0 Å². The van der Waals surface area contributed by atoms with Crippen LogP contribution < -0.4 is 0 Å². The maximum Gasteiger partial charge on any atom is 0 e. The van der Waals surface area contributed by atoms with Gasteiger partial charge in [0.25, 0.3) is 0 Å². The van der Waals surface area contributed by atoms with E-state index in [0.717, 1.165) is 11.5 Å². The van der Waals surface area contributed by atoms with Crippen molar-refractivity contribution in [2.45, 2.75) is 20.3 Å². The molecule has 0 nitrogen and oxygen atoms in total. The number of rotatable bonds is 6. The van der Waals surface area contributed by atoms with E-state index in [9.17, 15) is 0 Å². The van der Waals surface area contributed by atoms with Gasteiger partial charge in [-0.1, -0.05) is 0 Å². The zero-order valence-corrected chi connectivity index (χ0v) is 17.6. The van der Waals surface area contributed by atoms with E-state index >= 15 is 0 Å². The van der Waals surface area contributed by atoms with Crippen LogP contribution in [0.1, 0.15) is 20.3 Å². The van der Waals surface area contributed by atoms with Crippen LogP contribution in [-0.2, 0) is 65.4 Å². The summed E-state index contributed by atoms with van der Waals surface area (Å²) < 4.78 is 0. The van der Waals surface area contributed by atoms with Gasteiger partial charge in [0.05, 0.1) is 0 Å². The molecule has 0 amide bonds. The Morgan fingerprint density at radius 3 is 1.20 bits per heavy atom. The minimum absolute atomic E-state index is 0. The van der Waals surface area contributed by atoms with Gasteiger partial charge in [-0.25, -0.2) is 0 Å². The van der Waals surface area contributed by atoms with E-state index < -0.39 is 0 Å². The molecular formula is C11H24S2Y2-4. The first-order valence-corrected chi connectivity index (χ1v) is 6.88. The first kappa shape index (κ1) is 30.7. The maximum atomic E-state index is 3.75. The molecule has 0 aliphatic carbocycles. The van der Waals surface area contributed by atoms with Crippen LogP contribution in [0.2, 0.25) is 0 Å². The molecule has 0 bridgehead atoms. The van der Waals surface area contributed by atoms with Crippen molar-refractivity contribution in [2.75, 3.05) is 23.0 Å². The Morgan fingerprint density at radius 2 is 1.00 bits per heavy atom. The molecule has 2 radical (unpaired) electrons. The largest absolute Gasteiger partial charge is 0.346 e. The van der Waals surface area contributed by atoms with Gasteiger partial charge in [0.15, 0.2) is 0 Å². The second-order valence-corrected chi connectivity index (χ2v) is 4.03. The summed E-state index contributed by atoms with van der Waals surface area (Å²) in [6, 6.07) is 0. The molecule has 0 unspecified atom stereocenters. The van der Waals surface area contributed by atoms with Crippen molar-refractivity contribution in [3.05, 3.63) is 27.7 Å². The second-order valence-electron chi connectivity index (χ2n) is 1.58. The Balaban J connectivity index is -0.0000000496. The molecule has 0 N–H and O–H groups in total. The van der Waals surface area contributed by atoms with Crippen molar-refractivity contribution in [1.29, 1.82) is 0 Å². The average Bonchev–Trinajstić information content (AvgIpc) is 2.24. The molecule has 0 aromatic rings. The monoisotopic (exact) mass is 398 g/mol. The summed E-state index contributed by atoms with van der Waals surface area (Å²) in [6.45, 7) is 17.5. The molecule has 0 saturated heterocycles. The Kier molecular flexibility index (Phi) is 89.3. The molecule has 4 heteroatoms. The summed E-state index contributed by atoms with van der Waals surface area (Å²) in [7, 11) is 0. The molecule has 0 spiro atoms. The number of hydrogen-bond acceptors (Lipinski definition) is 2. The van der Waals surface area contributed by atoms with Gasteiger partial charge in [-0.2, -0.15) is 37.4 Å². The Bertz CT molecular complexity index is 49.9. The van der Waals surface area contributed by atoms with Gasteiger partial charge in [-0.05, 0) is 17.9 Å². The van der Waals surface area contributed by atoms with Gasteiger partial charge < -0.3 is 27.7 Å². The molecule has 0 heterocycles. The van der Waals surface area contributed by atoms with Crippen LogP contribution in [0.15, 0.2) is 0 Å². The summed E-state index contributed by atoms with van der Waals surface area (Å²) in [5, 5.41) is 0. The summed E-state index contributed by atoms with van der Waals surface area (Å²) in [4.78, 5) is 0. The molecule has 0 saturated carbocycles. The van der Waals surface area contributed by atoms with Gasteiger partial charge in [-0.3, -0.25) is 0 Å². The van der Waals surface area contributed by atoms with Gasteiger partial charge >= 0.3 is 0 Å². The molecule has 0 atom stereocenters. The topological polar surface area (TPSA) is 0 Å². The van der Waals surface area contributed by atoms with Gasteiger partial charge in [-0.15, -0.1) is 11.5 Å². The van der Waals surface area contributed by atoms with Gasteiger partial charge in [0.2, 0.25) is 0 Å². The molecule has 0 aromatic heterocycles. The molecule has 0 rings (SSSR count). The van der Waals surface area contributed by atoms with E-state index in [2.05, 4.69) is 27.7 Å². The maximum absolute atomic E-state index is 3.75. The van der Waals surface area contributed by atoms with Crippen molar-refractivity contribution in [2.24, 2.45) is 0 Å². The zero-order chi connectivity index (χ0) is 10.9. The minimum Gasteiger partial charge on any atom is -0.346 e. The van der Waals surface area contributed by atoms with E-state index in [1.807, 2.05) is 23.5 Å². The smallest absolute Gasteiger partial charge is 0 e. The van der Waals surface area contributed by atoms with Crippen molar-refractivity contribution < 1.29 is 65.4 Å². The molecular weight excluding hydrogens is 374 g/mol. The van der Waals surface area contributed by atoms with Crippen LogP contribution in [0, 0.1) is 27.7 Å². The Labute approximate surface area is 157 Å². The summed E-state index contributed by atoms with van der Waals surface area (Å²) in [6.07, 6.45) is 1.31. The van der Waals surface area contributed by atoms with E-state index in [-0.39, 0.29) is 65.4 Å². The molecule has 90 valence electrons. The van der Waals surface area contributed by atoms with E-state index in [4.69, 9.17) is 0 Å². The standard InChI is InChI=1S/C7H14S2.2C2H5.2Y/c1-3-8-6-5-7-9-4-2;2*1-2;;/h1-7H2;2*1H2,2H3;;/q-2;2*-1;;. The Morgan fingerprint density at radius 1 is 0.733 bits per heavy atom. The van der Waals surface area contributed by atoms with Crippen LogP contribution in [-0.4, -0.2) is 23.0 Å². The van der Waals surface area contributed by atoms with Crippen molar-refractivity contribution in [1.82, 2.24) is 0 Å². The van der Waals surface area contributed by atoms with E-state index in [1.165, 1.54) is 17.9 Å². The fourth-order valence-electron chi connectivity index (χ4n) is 0.467. The summed E-state index contributed by atoms with van der Waals surface area (Å²) >= 11 is 3.83. The predicted octanol–water partition coefficient (Wildman–Crippen LogP) is 4.19. The SMILES string of the molecule is [CH2-]C.[CH2-]C.[CH2-]CSCCCSC[CH2-].[Y].[Y]. The first-order valence-electron chi connectivity index (χ1n) is 4.57. The third-order valence-corrected chi connectivity index (χ3v) is 2.60. The molecule has 0 aliphatic heterocycles. The fourth-order valence-corrected chi connectivity index (χ4v) is 1.76. The minimum atomic E-state index is 0. The number of thioether (sulfide) groups is 2. The number of hydrogen-bond donors (Lipinski definition) is 0. The third-order valence-electron chi connectivity index (χ3n) is 0.866. The first-order chi connectivity index (χ1) is 6.41. The Hall–Kier alpha value is 2.91. The van der Waals surface area contributed by atoms with Gasteiger partial charge in [0, 0.05) is 65.4 Å². The van der Waals surface area contributed by atoms with Crippen LogP contribution >= 0.6 is 23.5 Å². The molecule has 15 heavy (non-hydrogen) atoms. The summed E-state index contributed by atoms with van der Waals surface area (Å²) in [5.41, 5.74) is 0. The van der Waals surface area contributed by atoms with Crippen molar-refractivity contribution in [3.63, 3.8) is 0 Å². The molecule has 0 aromatic carbocycles. The van der Waals surface area contributed by atoms with Crippen LogP contribution in [0.4, 0.5) is 0 Å². The second kappa shape index (κ2) is 43.6. The average molecular weight is 398 g/mol. The van der Waals surface area contributed by atoms with Crippen LogP contribution in [0.3, 0.4) is 0 Å². The quantitative estimate of drug-likeness (QED) is 0.486. The van der Waals surface area contributed by atoms with Crippen LogP contribution in [0.5, 0.6) is 0 Å². The normalized spacial score (nSPS) is 6.80. The molecule has 0 aliphatic rings. The van der Waals surface area contributed by atoms with Crippen molar-refractivity contribution >= 4 is 23.5 Å². The fraction of sp³-hybridized carbons (Fsp3) is 0.636. The van der Waals surface area contributed by atoms with Gasteiger partial charge in [0.1, 0.15) is 0 Å².